The van der Waals surface area contributed by atoms with Crippen LogP contribution in [-0.2, 0) is 10.0 Å². The number of nitrogens with zero attached hydrogens (tertiary/aromatic N) is 3. The van der Waals surface area contributed by atoms with Crippen LogP contribution in [0.2, 0.25) is 0 Å². The highest BCUT2D eigenvalue weighted by Gasteiger charge is 2.43. The molecule has 0 bridgehead atoms. The van der Waals surface area contributed by atoms with Crippen LogP contribution in [0.15, 0.2) is 30.7 Å². The largest absolute Gasteiger partial charge is 0.346 e. The molecule has 1 saturated heterocycles. The van der Waals surface area contributed by atoms with E-state index >= 15 is 0 Å². The summed E-state index contributed by atoms with van der Waals surface area (Å²) < 4.78 is 26.7. The monoisotopic (exact) mass is 342 g/mol. The molecule has 1 atom stereocenters. The molecular formula is C17H18N4O2S. The van der Waals surface area contributed by atoms with Crippen LogP contribution in [0.25, 0.3) is 21.8 Å². The fourth-order valence-electron chi connectivity index (χ4n) is 3.77. The van der Waals surface area contributed by atoms with Crippen molar-refractivity contribution in [1.29, 1.82) is 0 Å². The Hall–Kier alpha value is -1.99. The minimum absolute atomic E-state index is 0.141. The maximum absolute atomic E-state index is 12.5. The lowest BCUT2D eigenvalue weighted by molar-refractivity contribution is 0.471. The first-order valence-electron chi connectivity index (χ1n) is 8.34. The van der Waals surface area contributed by atoms with Crippen molar-refractivity contribution in [3.8, 4) is 0 Å². The van der Waals surface area contributed by atoms with Gasteiger partial charge in [-0.15, -0.1) is 0 Å². The first-order chi connectivity index (χ1) is 11.6. The van der Waals surface area contributed by atoms with E-state index in [9.17, 15) is 8.42 Å². The number of hydrogen-bond acceptors (Lipinski definition) is 4. The summed E-state index contributed by atoms with van der Waals surface area (Å²) in [5.41, 5.74) is 1.84. The lowest BCUT2D eigenvalue weighted by atomic mass is 9.97. The number of sulfonamides is 1. The average Bonchev–Trinajstić information content (AvgIpc) is 3.15. The molecule has 1 N–H and O–H groups in total. The first-order valence-corrected chi connectivity index (χ1v) is 9.84. The smallest absolute Gasteiger partial charge is 0.217 e. The predicted octanol–water partition coefficient (Wildman–Crippen LogP) is 2.39. The Labute approximate surface area is 140 Å². The highest BCUT2D eigenvalue weighted by Crippen LogP contribution is 2.38. The number of pyridine rings is 2. The summed E-state index contributed by atoms with van der Waals surface area (Å²) in [5, 5.41) is 3.06. The zero-order valence-electron chi connectivity index (χ0n) is 13.1. The molecule has 0 radical (unpaired) electrons. The summed E-state index contributed by atoms with van der Waals surface area (Å²) in [4.78, 5) is 12.2. The van der Waals surface area contributed by atoms with Gasteiger partial charge in [-0.05, 0) is 31.4 Å². The Morgan fingerprint density at radius 1 is 1.17 bits per heavy atom. The van der Waals surface area contributed by atoms with Gasteiger partial charge >= 0.3 is 0 Å². The van der Waals surface area contributed by atoms with Gasteiger partial charge in [-0.25, -0.2) is 17.7 Å². The molecule has 124 valence electrons. The molecule has 24 heavy (non-hydrogen) atoms. The number of aromatic nitrogens is 3. The normalized spacial score (nSPS) is 22.6. The number of H-pyrrole nitrogens is 1. The summed E-state index contributed by atoms with van der Waals surface area (Å²) in [6, 6.07) is 3.98. The van der Waals surface area contributed by atoms with Crippen molar-refractivity contribution in [2.75, 3.05) is 13.1 Å². The molecule has 1 aliphatic heterocycles. The third-order valence-corrected chi connectivity index (χ3v) is 7.55. The fourth-order valence-corrected chi connectivity index (χ4v) is 5.67. The van der Waals surface area contributed by atoms with Crippen molar-refractivity contribution in [2.24, 2.45) is 0 Å². The quantitative estimate of drug-likeness (QED) is 0.793. The van der Waals surface area contributed by atoms with Gasteiger partial charge in [0.1, 0.15) is 5.65 Å². The van der Waals surface area contributed by atoms with Crippen molar-refractivity contribution in [1.82, 2.24) is 19.3 Å². The third kappa shape index (κ3) is 2.08. The second kappa shape index (κ2) is 5.00. The first kappa shape index (κ1) is 14.4. The maximum atomic E-state index is 12.5. The Kier molecular flexibility index (Phi) is 2.99. The summed E-state index contributed by atoms with van der Waals surface area (Å²) >= 11 is 0. The molecule has 0 spiro atoms. The summed E-state index contributed by atoms with van der Waals surface area (Å²) in [5.74, 6) is 0.141. The van der Waals surface area contributed by atoms with Crippen LogP contribution in [0.4, 0.5) is 0 Å². The molecule has 4 heterocycles. The third-order valence-electron chi connectivity index (χ3n) is 5.18. The molecule has 0 aromatic carbocycles. The molecule has 1 unspecified atom stereocenters. The van der Waals surface area contributed by atoms with Crippen LogP contribution in [0, 0.1) is 0 Å². The zero-order chi connectivity index (χ0) is 16.3. The van der Waals surface area contributed by atoms with E-state index in [1.54, 1.807) is 10.5 Å². The SMILES string of the molecule is O=S(=O)(C1CC1)N1CCC(c2nccc3cnc4[nH]ccc4c23)C1. The molecule has 3 aromatic rings. The molecule has 2 aliphatic rings. The van der Waals surface area contributed by atoms with Crippen LogP contribution in [0.1, 0.15) is 30.9 Å². The molecule has 5 rings (SSSR count). The second-order valence-corrected chi connectivity index (χ2v) is 8.96. The highest BCUT2D eigenvalue weighted by molar-refractivity contribution is 7.90. The van der Waals surface area contributed by atoms with Gasteiger partial charge in [-0.3, -0.25) is 4.98 Å². The number of rotatable bonds is 3. The van der Waals surface area contributed by atoms with E-state index in [1.807, 2.05) is 24.5 Å². The second-order valence-electron chi connectivity index (χ2n) is 6.75. The number of fused-ring (bicyclic) bond motifs is 3. The van der Waals surface area contributed by atoms with E-state index < -0.39 is 10.0 Å². The minimum Gasteiger partial charge on any atom is -0.346 e. The minimum atomic E-state index is -3.10. The Morgan fingerprint density at radius 2 is 2.04 bits per heavy atom. The van der Waals surface area contributed by atoms with E-state index in [4.69, 9.17) is 0 Å². The Morgan fingerprint density at radius 3 is 2.88 bits per heavy atom. The fraction of sp³-hybridized carbons (Fsp3) is 0.412. The summed E-state index contributed by atoms with van der Waals surface area (Å²) in [6.07, 6.45) is 7.99. The molecule has 0 amide bonds. The van der Waals surface area contributed by atoms with Crippen LogP contribution in [0.3, 0.4) is 0 Å². The van der Waals surface area contributed by atoms with Gasteiger partial charge in [0.2, 0.25) is 10.0 Å². The van der Waals surface area contributed by atoms with E-state index in [2.05, 4.69) is 15.0 Å². The number of hydrogen-bond donors (Lipinski definition) is 1. The molecule has 1 aliphatic carbocycles. The van der Waals surface area contributed by atoms with Gasteiger partial charge in [0, 0.05) is 53.8 Å². The molecule has 3 aromatic heterocycles. The van der Waals surface area contributed by atoms with Gasteiger partial charge < -0.3 is 4.98 Å². The van der Waals surface area contributed by atoms with E-state index in [1.165, 1.54) is 0 Å². The van der Waals surface area contributed by atoms with Gasteiger partial charge in [0.25, 0.3) is 0 Å². The van der Waals surface area contributed by atoms with E-state index in [0.717, 1.165) is 46.8 Å². The number of aromatic amines is 1. The summed E-state index contributed by atoms with van der Waals surface area (Å²) in [6.45, 7) is 1.14. The van der Waals surface area contributed by atoms with Gasteiger partial charge in [0.15, 0.2) is 0 Å². The molecular weight excluding hydrogens is 324 g/mol. The van der Waals surface area contributed by atoms with Crippen LogP contribution in [0.5, 0.6) is 0 Å². The van der Waals surface area contributed by atoms with Crippen molar-refractivity contribution in [3.05, 3.63) is 36.4 Å². The van der Waals surface area contributed by atoms with Crippen molar-refractivity contribution >= 4 is 31.8 Å². The molecule has 1 saturated carbocycles. The standard InChI is InChI=1S/C17H18N4O2S/c22-24(23,13-1-2-13)21-8-5-12(10-21)16-15-11(3-6-18-16)9-20-17-14(15)4-7-19-17/h3-4,6-7,9,12-13H,1-2,5,8,10H2,(H,19,20). The van der Waals surface area contributed by atoms with Crippen LogP contribution in [-0.4, -0.2) is 46.0 Å². The Bertz CT molecular complexity index is 1040. The topological polar surface area (TPSA) is 79.0 Å². The predicted molar refractivity (Wildman–Crippen MR) is 92.3 cm³/mol. The van der Waals surface area contributed by atoms with Gasteiger partial charge in [-0.2, -0.15) is 0 Å². The zero-order valence-corrected chi connectivity index (χ0v) is 14.0. The van der Waals surface area contributed by atoms with Gasteiger partial charge in [-0.1, -0.05) is 0 Å². The molecule has 6 nitrogen and oxygen atoms in total. The van der Waals surface area contributed by atoms with Crippen molar-refractivity contribution in [3.63, 3.8) is 0 Å². The molecule has 2 fully saturated rings. The molecule has 7 heteroatoms. The highest BCUT2D eigenvalue weighted by atomic mass is 32.2. The maximum Gasteiger partial charge on any atom is 0.217 e. The average molecular weight is 342 g/mol. The Balaban J connectivity index is 1.59. The summed E-state index contributed by atoms with van der Waals surface area (Å²) in [7, 11) is -3.10. The number of nitrogens with one attached hydrogen (secondary N) is 1. The van der Waals surface area contributed by atoms with Crippen molar-refractivity contribution < 1.29 is 8.42 Å². The van der Waals surface area contributed by atoms with Crippen molar-refractivity contribution in [2.45, 2.75) is 30.4 Å². The lowest BCUT2D eigenvalue weighted by Crippen LogP contribution is -2.31. The van der Waals surface area contributed by atoms with Gasteiger partial charge in [0.05, 0.1) is 10.9 Å². The van der Waals surface area contributed by atoms with Crippen LogP contribution >= 0.6 is 0 Å². The van der Waals surface area contributed by atoms with E-state index in [0.29, 0.717) is 13.1 Å². The lowest BCUT2D eigenvalue weighted by Gasteiger charge is -2.17. The van der Waals surface area contributed by atoms with Crippen LogP contribution < -0.4 is 0 Å². The van der Waals surface area contributed by atoms with E-state index in [-0.39, 0.29) is 11.2 Å².